The first-order valence-corrected chi connectivity index (χ1v) is 8.20. The number of amides is 1. The van der Waals surface area contributed by atoms with Gasteiger partial charge in [-0.05, 0) is 31.0 Å². The van der Waals surface area contributed by atoms with Crippen LogP contribution in [0.3, 0.4) is 0 Å². The lowest BCUT2D eigenvalue weighted by molar-refractivity contribution is -0.384. The molecule has 1 aromatic heterocycles. The minimum atomic E-state index is -0.485. The van der Waals surface area contributed by atoms with E-state index < -0.39 is 4.92 Å². The molecule has 0 saturated carbocycles. The topological polar surface area (TPSA) is 101 Å². The van der Waals surface area contributed by atoms with Gasteiger partial charge in [-0.15, -0.1) is 10.2 Å². The maximum absolute atomic E-state index is 12.4. The van der Waals surface area contributed by atoms with Crippen molar-refractivity contribution in [3.05, 3.63) is 51.7 Å². The molecular weight excluding hydrogens is 346 g/mol. The van der Waals surface area contributed by atoms with Gasteiger partial charge in [0.25, 0.3) is 5.69 Å². The van der Waals surface area contributed by atoms with E-state index in [4.69, 9.17) is 11.6 Å². The van der Waals surface area contributed by atoms with E-state index in [9.17, 15) is 14.9 Å². The van der Waals surface area contributed by atoms with Crippen LogP contribution < -0.4 is 10.2 Å². The number of nitro benzene ring substituents is 1. The second-order valence-corrected chi connectivity index (χ2v) is 6.16. The van der Waals surface area contributed by atoms with E-state index in [1.807, 2.05) is 0 Å². The molecule has 1 aromatic carbocycles. The second-order valence-electron chi connectivity index (χ2n) is 5.77. The van der Waals surface area contributed by atoms with E-state index in [2.05, 4.69) is 20.4 Å². The van der Waals surface area contributed by atoms with Crippen LogP contribution in [0, 0.1) is 16.0 Å². The summed E-state index contributed by atoms with van der Waals surface area (Å²) in [6, 6.07) is 9.43. The number of hydrogen-bond acceptors (Lipinski definition) is 6. The SMILES string of the molecule is O=C(Nc1cccc([N+](=O)[O-])c1)C1CCN(c2ccc(Cl)nn2)CC1. The van der Waals surface area contributed by atoms with E-state index in [0.717, 1.165) is 5.82 Å². The highest BCUT2D eigenvalue weighted by molar-refractivity contribution is 6.29. The van der Waals surface area contributed by atoms with Crippen molar-refractivity contribution in [2.75, 3.05) is 23.3 Å². The monoisotopic (exact) mass is 361 g/mol. The van der Waals surface area contributed by atoms with Crippen molar-refractivity contribution in [3.8, 4) is 0 Å². The smallest absolute Gasteiger partial charge is 0.271 e. The van der Waals surface area contributed by atoms with Gasteiger partial charge in [-0.3, -0.25) is 14.9 Å². The summed E-state index contributed by atoms with van der Waals surface area (Å²) in [5.74, 6) is 0.472. The largest absolute Gasteiger partial charge is 0.355 e. The van der Waals surface area contributed by atoms with Gasteiger partial charge in [-0.25, -0.2) is 0 Å². The van der Waals surface area contributed by atoms with Crippen molar-refractivity contribution in [2.45, 2.75) is 12.8 Å². The molecule has 1 fully saturated rings. The lowest BCUT2D eigenvalue weighted by atomic mass is 9.96. The summed E-state index contributed by atoms with van der Waals surface area (Å²) in [5, 5.41) is 21.8. The van der Waals surface area contributed by atoms with Crippen LogP contribution in [-0.4, -0.2) is 34.1 Å². The Morgan fingerprint density at radius 2 is 2.00 bits per heavy atom. The number of benzene rings is 1. The van der Waals surface area contributed by atoms with Crippen molar-refractivity contribution in [1.82, 2.24) is 10.2 Å². The quantitative estimate of drug-likeness (QED) is 0.663. The molecule has 1 N–H and O–H groups in total. The lowest BCUT2D eigenvalue weighted by Crippen LogP contribution is -2.38. The minimum absolute atomic E-state index is 0.0473. The van der Waals surface area contributed by atoms with Gasteiger partial charge < -0.3 is 10.2 Å². The molecular formula is C16H16ClN5O3. The van der Waals surface area contributed by atoms with Gasteiger partial charge in [-0.2, -0.15) is 0 Å². The molecule has 130 valence electrons. The Bertz CT molecular complexity index is 776. The van der Waals surface area contributed by atoms with E-state index >= 15 is 0 Å². The third-order valence-corrected chi connectivity index (χ3v) is 4.33. The van der Waals surface area contributed by atoms with Crippen LogP contribution in [-0.2, 0) is 4.79 Å². The molecule has 2 heterocycles. The van der Waals surface area contributed by atoms with Crippen LogP contribution in [0.4, 0.5) is 17.2 Å². The molecule has 0 bridgehead atoms. The first kappa shape index (κ1) is 17.1. The highest BCUT2D eigenvalue weighted by Gasteiger charge is 2.26. The molecule has 0 atom stereocenters. The minimum Gasteiger partial charge on any atom is -0.355 e. The third-order valence-electron chi connectivity index (χ3n) is 4.13. The molecule has 1 aliphatic rings. The number of anilines is 2. The number of aromatic nitrogens is 2. The van der Waals surface area contributed by atoms with E-state index in [1.165, 1.54) is 12.1 Å². The molecule has 0 aliphatic carbocycles. The summed E-state index contributed by atoms with van der Waals surface area (Å²) in [4.78, 5) is 24.8. The molecule has 3 rings (SSSR count). The van der Waals surface area contributed by atoms with Gasteiger partial charge in [0.15, 0.2) is 11.0 Å². The number of non-ortho nitro benzene ring substituents is 1. The van der Waals surface area contributed by atoms with Crippen molar-refractivity contribution >= 4 is 34.7 Å². The molecule has 1 amide bonds. The summed E-state index contributed by atoms with van der Waals surface area (Å²) in [5.41, 5.74) is 0.388. The van der Waals surface area contributed by atoms with E-state index in [-0.39, 0.29) is 17.5 Å². The average molecular weight is 362 g/mol. The highest BCUT2D eigenvalue weighted by Crippen LogP contribution is 2.24. The molecule has 9 heteroatoms. The van der Waals surface area contributed by atoms with Crippen LogP contribution in [0.2, 0.25) is 5.15 Å². The molecule has 0 spiro atoms. The fraction of sp³-hybridized carbons (Fsp3) is 0.312. The Labute approximate surface area is 149 Å². The second kappa shape index (κ2) is 7.43. The number of nitrogens with one attached hydrogen (secondary N) is 1. The Kier molecular flexibility index (Phi) is 5.08. The zero-order valence-electron chi connectivity index (χ0n) is 13.3. The summed E-state index contributed by atoms with van der Waals surface area (Å²) in [6.07, 6.45) is 1.34. The van der Waals surface area contributed by atoms with Crippen molar-refractivity contribution in [1.29, 1.82) is 0 Å². The first-order valence-electron chi connectivity index (χ1n) is 7.82. The number of nitro groups is 1. The molecule has 25 heavy (non-hydrogen) atoms. The number of halogens is 1. The van der Waals surface area contributed by atoms with Crippen LogP contribution >= 0.6 is 11.6 Å². The van der Waals surface area contributed by atoms with Crippen LogP contribution in [0.15, 0.2) is 36.4 Å². The fourth-order valence-electron chi connectivity index (χ4n) is 2.79. The molecule has 8 nitrogen and oxygen atoms in total. The number of rotatable bonds is 4. The number of piperidine rings is 1. The van der Waals surface area contributed by atoms with Crippen molar-refractivity contribution in [2.24, 2.45) is 5.92 Å². The Morgan fingerprint density at radius 1 is 1.24 bits per heavy atom. The summed E-state index contributed by atoms with van der Waals surface area (Å²) < 4.78 is 0. The van der Waals surface area contributed by atoms with Gasteiger partial charge in [0.05, 0.1) is 4.92 Å². The molecule has 2 aromatic rings. The number of carbonyl (C=O) groups excluding carboxylic acids is 1. The van der Waals surface area contributed by atoms with Gasteiger partial charge >= 0.3 is 0 Å². The molecule has 1 saturated heterocycles. The Balaban J connectivity index is 1.57. The fourth-order valence-corrected chi connectivity index (χ4v) is 2.89. The summed E-state index contributed by atoms with van der Waals surface area (Å²) >= 11 is 5.74. The average Bonchev–Trinajstić information content (AvgIpc) is 2.63. The number of hydrogen-bond donors (Lipinski definition) is 1. The maximum atomic E-state index is 12.4. The molecule has 1 aliphatic heterocycles. The third kappa shape index (κ3) is 4.21. The molecule has 0 radical (unpaired) electrons. The van der Waals surface area contributed by atoms with E-state index in [0.29, 0.717) is 36.8 Å². The van der Waals surface area contributed by atoms with Crippen molar-refractivity contribution < 1.29 is 9.72 Å². The summed E-state index contributed by atoms with van der Waals surface area (Å²) in [7, 11) is 0. The maximum Gasteiger partial charge on any atom is 0.271 e. The molecule has 0 unspecified atom stereocenters. The predicted octanol–water partition coefficient (Wildman–Crippen LogP) is 2.89. The van der Waals surface area contributed by atoms with Gasteiger partial charge in [0, 0.05) is 36.8 Å². The lowest BCUT2D eigenvalue weighted by Gasteiger charge is -2.31. The predicted molar refractivity (Wildman–Crippen MR) is 93.7 cm³/mol. The Hall–Kier alpha value is -2.74. The van der Waals surface area contributed by atoms with Gasteiger partial charge in [0.1, 0.15) is 0 Å². The van der Waals surface area contributed by atoms with Crippen LogP contribution in [0.25, 0.3) is 0 Å². The van der Waals surface area contributed by atoms with E-state index in [1.54, 1.807) is 24.3 Å². The van der Waals surface area contributed by atoms with Crippen LogP contribution in [0.5, 0.6) is 0 Å². The highest BCUT2D eigenvalue weighted by atomic mass is 35.5. The first-order chi connectivity index (χ1) is 12.0. The van der Waals surface area contributed by atoms with Crippen LogP contribution in [0.1, 0.15) is 12.8 Å². The zero-order valence-corrected chi connectivity index (χ0v) is 14.0. The normalized spacial score (nSPS) is 15.0. The summed E-state index contributed by atoms with van der Waals surface area (Å²) in [6.45, 7) is 1.37. The number of nitrogens with zero attached hydrogens (tertiary/aromatic N) is 4. The zero-order chi connectivity index (χ0) is 17.8. The van der Waals surface area contributed by atoms with Gasteiger partial charge in [0.2, 0.25) is 5.91 Å². The van der Waals surface area contributed by atoms with Crippen molar-refractivity contribution in [3.63, 3.8) is 0 Å². The standard InChI is InChI=1S/C16H16ClN5O3/c17-14-4-5-15(20-19-14)21-8-6-11(7-9-21)16(23)18-12-2-1-3-13(10-12)22(24)25/h1-5,10-11H,6-9H2,(H,18,23). The number of carbonyl (C=O) groups is 1. The Morgan fingerprint density at radius 3 is 2.64 bits per heavy atom. The van der Waals surface area contributed by atoms with Gasteiger partial charge in [-0.1, -0.05) is 17.7 Å².